The van der Waals surface area contributed by atoms with Crippen molar-refractivity contribution < 1.29 is 9.47 Å². The molecule has 0 spiro atoms. The van der Waals surface area contributed by atoms with Gasteiger partial charge in [0, 0.05) is 25.7 Å². The maximum absolute atomic E-state index is 5.85. The molecule has 3 nitrogen and oxygen atoms in total. The highest BCUT2D eigenvalue weighted by atomic mass is 16.5. The van der Waals surface area contributed by atoms with E-state index in [-0.39, 0.29) is 6.10 Å². The third-order valence-corrected chi connectivity index (χ3v) is 2.57. The SMILES string of the molecule is COCCC(C)Oc1ccc(C#CCN)cc1C. The zero-order valence-corrected chi connectivity index (χ0v) is 11.3. The minimum Gasteiger partial charge on any atom is -0.490 e. The molecule has 0 bridgehead atoms. The summed E-state index contributed by atoms with van der Waals surface area (Å²) < 4.78 is 10.9. The third-order valence-electron chi connectivity index (χ3n) is 2.57. The van der Waals surface area contributed by atoms with Gasteiger partial charge in [-0.15, -0.1) is 0 Å². The summed E-state index contributed by atoms with van der Waals surface area (Å²) in [6, 6.07) is 5.92. The molecule has 18 heavy (non-hydrogen) atoms. The summed E-state index contributed by atoms with van der Waals surface area (Å²) in [6.45, 7) is 5.15. The number of hydrogen-bond donors (Lipinski definition) is 1. The predicted molar refractivity (Wildman–Crippen MR) is 73.7 cm³/mol. The molecule has 1 unspecified atom stereocenters. The van der Waals surface area contributed by atoms with E-state index in [4.69, 9.17) is 15.2 Å². The van der Waals surface area contributed by atoms with Crippen LogP contribution in [0.5, 0.6) is 5.75 Å². The number of aryl methyl sites for hydroxylation is 1. The van der Waals surface area contributed by atoms with E-state index >= 15 is 0 Å². The van der Waals surface area contributed by atoms with Crippen molar-refractivity contribution in [1.82, 2.24) is 0 Å². The molecule has 0 aromatic heterocycles. The van der Waals surface area contributed by atoms with Gasteiger partial charge in [0.1, 0.15) is 5.75 Å². The molecule has 1 aromatic rings. The molecule has 0 saturated heterocycles. The lowest BCUT2D eigenvalue weighted by Crippen LogP contribution is -2.14. The molecule has 2 N–H and O–H groups in total. The van der Waals surface area contributed by atoms with Crippen molar-refractivity contribution in [2.24, 2.45) is 5.73 Å². The summed E-state index contributed by atoms with van der Waals surface area (Å²) in [5, 5.41) is 0. The molecule has 0 aliphatic rings. The van der Waals surface area contributed by atoms with Crippen molar-refractivity contribution in [2.75, 3.05) is 20.3 Å². The molecular weight excluding hydrogens is 226 g/mol. The van der Waals surface area contributed by atoms with E-state index in [0.717, 1.165) is 23.3 Å². The maximum atomic E-state index is 5.85. The molecule has 1 rings (SSSR count). The van der Waals surface area contributed by atoms with Gasteiger partial charge in [0.2, 0.25) is 0 Å². The highest BCUT2D eigenvalue weighted by molar-refractivity contribution is 5.43. The van der Waals surface area contributed by atoms with Gasteiger partial charge in [-0.2, -0.15) is 0 Å². The highest BCUT2D eigenvalue weighted by Gasteiger charge is 2.06. The Balaban J connectivity index is 2.67. The molecule has 3 heteroatoms. The quantitative estimate of drug-likeness (QED) is 0.810. The van der Waals surface area contributed by atoms with Crippen LogP contribution in [0.2, 0.25) is 0 Å². The van der Waals surface area contributed by atoms with Crippen LogP contribution in [0.1, 0.15) is 24.5 Å². The van der Waals surface area contributed by atoms with Crippen LogP contribution in [0.15, 0.2) is 18.2 Å². The molecule has 1 aromatic carbocycles. The molecule has 0 amide bonds. The van der Waals surface area contributed by atoms with Gasteiger partial charge in [-0.3, -0.25) is 0 Å². The maximum Gasteiger partial charge on any atom is 0.122 e. The molecule has 0 heterocycles. The van der Waals surface area contributed by atoms with Gasteiger partial charge in [0.25, 0.3) is 0 Å². The second-order valence-electron chi connectivity index (χ2n) is 4.20. The average Bonchev–Trinajstić information content (AvgIpc) is 2.36. The zero-order valence-electron chi connectivity index (χ0n) is 11.3. The Labute approximate surface area is 109 Å². The van der Waals surface area contributed by atoms with E-state index in [1.807, 2.05) is 32.0 Å². The van der Waals surface area contributed by atoms with Crippen molar-refractivity contribution in [1.29, 1.82) is 0 Å². The summed E-state index contributed by atoms with van der Waals surface area (Å²) in [7, 11) is 1.70. The number of benzene rings is 1. The van der Waals surface area contributed by atoms with Crippen LogP contribution in [0.3, 0.4) is 0 Å². The second kappa shape index (κ2) is 7.75. The van der Waals surface area contributed by atoms with Crippen molar-refractivity contribution in [3.8, 4) is 17.6 Å². The van der Waals surface area contributed by atoms with Gasteiger partial charge in [0.15, 0.2) is 0 Å². The second-order valence-corrected chi connectivity index (χ2v) is 4.20. The standard InChI is InChI=1S/C15H21NO2/c1-12-11-14(5-4-9-16)6-7-15(12)18-13(2)8-10-17-3/h6-7,11,13H,8-10,16H2,1-3H3. The van der Waals surface area contributed by atoms with Gasteiger partial charge in [-0.05, 0) is 37.6 Å². The van der Waals surface area contributed by atoms with E-state index in [2.05, 4.69) is 11.8 Å². The Bertz CT molecular complexity index is 432. The van der Waals surface area contributed by atoms with Crippen LogP contribution in [0.4, 0.5) is 0 Å². The Kier molecular flexibility index (Phi) is 6.27. The fraction of sp³-hybridized carbons (Fsp3) is 0.467. The van der Waals surface area contributed by atoms with Crippen LogP contribution in [0, 0.1) is 18.8 Å². The first-order valence-corrected chi connectivity index (χ1v) is 6.12. The Morgan fingerprint density at radius 1 is 1.39 bits per heavy atom. The summed E-state index contributed by atoms with van der Waals surface area (Å²) in [4.78, 5) is 0. The number of ether oxygens (including phenoxy) is 2. The number of rotatable bonds is 5. The Hall–Kier alpha value is -1.50. The largest absolute Gasteiger partial charge is 0.490 e. The summed E-state index contributed by atoms with van der Waals surface area (Å²) in [5.41, 5.74) is 7.40. The monoisotopic (exact) mass is 247 g/mol. The lowest BCUT2D eigenvalue weighted by atomic mass is 10.1. The summed E-state index contributed by atoms with van der Waals surface area (Å²) >= 11 is 0. The van der Waals surface area contributed by atoms with Gasteiger partial charge in [0.05, 0.1) is 12.6 Å². The van der Waals surface area contributed by atoms with Crippen LogP contribution in [-0.2, 0) is 4.74 Å². The van der Waals surface area contributed by atoms with E-state index < -0.39 is 0 Å². The topological polar surface area (TPSA) is 44.5 Å². The lowest BCUT2D eigenvalue weighted by molar-refractivity contribution is 0.135. The molecule has 1 atom stereocenters. The molecule has 0 fully saturated rings. The van der Waals surface area contributed by atoms with Crippen LogP contribution < -0.4 is 10.5 Å². The normalized spacial score (nSPS) is 11.6. The van der Waals surface area contributed by atoms with Crippen LogP contribution in [-0.4, -0.2) is 26.4 Å². The van der Waals surface area contributed by atoms with Gasteiger partial charge < -0.3 is 15.2 Å². The molecule has 0 aliphatic heterocycles. The zero-order chi connectivity index (χ0) is 13.4. The first-order chi connectivity index (χ1) is 8.67. The first-order valence-electron chi connectivity index (χ1n) is 6.12. The van der Waals surface area contributed by atoms with Crippen molar-refractivity contribution in [3.05, 3.63) is 29.3 Å². The van der Waals surface area contributed by atoms with Gasteiger partial charge in [-0.1, -0.05) is 11.8 Å². The van der Waals surface area contributed by atoms with Crippen molar-refractivity contribution in [2.45, 2.75) is 26.4 Å². The molecular formula is C15H21NO2. The van der Waals surface area contributed by atoms with E-state index in [9.17, 15) is 0 Å². The van der Waals surface area contributed by atoms with E-state index in [0.29, 0.717) is 13.2 Å². The minimum absolute atomic E-state index is 0.143. The molecule has 0 aliphatic carbocycles. The summed E-state index contributed by atoms with van der Waals surface area (Å²) in [6.07, 6.45) is 1.02. The van der Waals surface area contributed by atoms with Crippen molar-refractivity contribution >= 4 is 0 Å². The first kappa shape index (κ1) is 14.6. The van der Waals surface area contributed by atoms with Gasteiger partial charge in [-0.25, -0.2) is 0 Å². The minimum atomic E-state index is 0.143. The smallest absolute Gasteiger partial charge is 0.122 e. The predicted octanol–water partition coefficient (Wildman–Crippen LogP) is 2.11. The van der Waals surface area contributed by atoms with E-state index in [1.165, 1.54) is 0 Å². The average molecular weight is 247 g/mol. The van der Waals surface area contributed by atoms with Gasteiger partial charge >= 0.3 is 0 Å². The lowest BCUT2D eigenvalue weighted by Gasteiger charge is -2.16. The molecule has 0 saturated carbocycles. The Morgan fingerprint density at radius 2 is 2.17 bits per heavy atom. The number of methoxy groups -OCH3 is 1. The third kappa shape index (κ3) is 4.79. The molecule has 98 valence electrons. The number of nitrogens with two attached hydrogens (primary N) is 1. The fourth-order valence-electron chi connectivity index (χ4n) is 1.57. The van der Waals surface area contributed by atoms with Crippen LogP contribution in [0.25, 0.3) is 0 Å². The Morgan fingerprint density at radius 3 is 2.78 bits per heavy atom. The number of hydrogen-bond acceptors (Lipinski definition) is 3. The summed E-state index contributed by atoms with van der Waals surface area (Å²) in [5.74, 6) is 6.75. The van der Waals surface area contributed by atoms with Crippen molar-refractivity contribution in [3.63, 3.8) is 0 Å². The molecule has 0 radical (unpaired) electrons. The fourth-order valence-corrected chi connectivity index (χ4v) is 1.57. The van der Waals surface area contributed by atoms with Crippen LogP contribution >= 0.6 is 0 Å². The van der Waals surface area contributed by atoms with E-state index in [1.54, 1.807) is 7.11 Å². The highest BCUT2D eigenvalue weighted by Crippen LogP contribution is 2.20.